The molecule has 65 heavy (non-hydrogen) atoms. The van der Waals surface area contributed by atoms with Crippen molar-refractivity contribution in [3.05, 3.63) is 150 Å². The van der Waals surface area contributed by atoms with Crippen LogP contribution in [0.15, 0.2) is 127 Å². The average Bonchev–Trinajstić information content (AvgIpc) is 3.78. The van der Waals surface area contributed by atoms with Crippen molar-refractivity contribution >= 4 is 77.6 Å². The molecule has 2 aliphatic rings. The molecule has 320 valence electrons. The molecule has 3 aromatic heterocycles. The standard InChI is InChI=1S/C60H57BN4/c1-57(2,3)36-22-24-48-41(28-36)43-30-38(59(7,8)9)32-45-54(43)64(48)50-26-35(53-40-20-16-17-21-47(40)62-56(63-53)34-18-14-13-15-19-34)27-51-52(50)61(45)46-33-39(60(10,11)12)31-44-42-29-37(58(4,5)6)23-25-49(42)65(51)55(44)46/h13-33H,1-12H3. The highest BCUT2D eigenvalue weighted by Gasteiger charge is 2.43. The molecule has 0 spiro atoms. The van der Waals surface area contributed by atoms with E-state index in [2.05, 4.69) is 220 Å². The smallest absolute Gasteiger partial charge is 0.252 e. The third kappa shape index (κ3) is 5.83. The van der Waals surface area contributed by atoms with Gasteiger partial charge in [-0.3, -0.25) is 0 Å². The van der Waals surface area contributed by atoms with Gasteiger partial charge in [0.1, 0.15) is 0 Å². The Morgan fingerprint density at radius 1 is 0.400 bits per heavy atom. The first-order valence-corrected chi connectivity index (χ1v) is 23.5. The van der Waals surface area contributed by atoms with E-state index in [1.807, 2.05) is 0 Å². The van der Waals surface area contributed by atoms with Crippen LogP contribution in [0, 0.1) is 0 Å². The highest BCUT2D eigenvalue weighted by atomic mass is 15.0. The Morgan fingerprint density at radius 3 is 1.35 bits per heavy atom. The molecule has 4 nitrogen and oxygen atoms in total. The topological polar surface area (TPSA) is 35.6 Å². The Balaban J connectivity index is 1.31. The SMILES string of the molecule is CC(C)(C)c1ccc2c(c1)c1cc(C(C)(C)C)cc3c1n2-c1cc(-c2nc(-c4ccccc4)nc4ccccc24)cc2c1B3c1cc(C(C)(C)C)cc3c4cc(C(C)(C)C)ccc4n-2c13. The van der Waals surface area contributed by atoms with Crippen LogP contribution in [0.5, 0.6) is 0 Å². The zero-order valence-corrected chi connectivity index (χ0v) is 40.0. The maximum atomic E-state index is 5.51. The van der Waals surface area contributed by atoms with Gasteiger partial charge in [0, 0.05) is 60.5 Å². The molecule has 7 aromatic carbocycles. The molecule has 2 aliphatic heterocycles. The minimum atomic E-state index is -0.0618. The van der Waals surface area contributed by atoms with E-state index in [1.165, 1.54) is 93.6 Å². The Labute approximate surface area is 383 Å². The van der Waals surface area contributed by atoms with Crippen molar-refractivity contribution < 1.29 is 0 Å². The highest BCUT2D eigenvalue weighted by Crippen LogP contribution is 2.45. The van der Waals surface area contributed by atoms with Crippen LogP contribution in [-0.4, -0.2) is 25.8 Å². The van der Waals surface area contributed by atoms with Crippen molar-refractivity contribution in [3.8, 4) is 34.0 Å². The highest BCUT2D eigenvalue weighted by molar-refractivity contribution is 7.00. The van der Waals surface area contributed by atoms with Gasteiger partial charge in [-0.1, -0.05) is 156 Å². The van der Waals surface area contributed by atoms with E-state index in [4.69, 9.17) is 9.97 Å². The van der Waals surface area contributed by atoms with Crippen LogP contribution in [0.25, 0.3) is 88.5 Å². The summed E-state index contributed by atoms with van der Waals surface area (Å²) in [6, 6.07) is 48.5. The second-order valence-corrected chi connectivity index (χ2v) is 23.2. The van der Waals surface area contributed by atoms with Gasteiger partial charge < -0.3 is 9.13 Å². The molecule has 0 bridgehead atoms. The van der Waals surface area contributed by atoms with Crippen molar-refractivity contribution in [2.45, 2.75) is 105 Å². The molecule has 0 amide bonds. The second kappa shape index (κ2) is 13.1. The Kier molecular flexibility index (Phi) is 8.07. The molecule has 5 heteroatoms. The van der Waals surface area contributed by atoms with Crippen molar-refractivity contribution in [1.29, 1.82) is 0 Å². The van der Waals surface area contributed by atoms with Gasteiger partial charge in [-0.05, 0) is 115 Å². The lowest BCUT2D eigenvalue weighted by Crippen LogP contribution is -2.59. The molecule has 0 fully saturated rings. The fraction of sp³-hybridized carbons (Fsp3) is 0.267. The zero-order valence-electron chi connectivity index (χ0n) is 40.0. The quantitative estimate of drug-likeness (QED) is 0.163. The molecule has 0 N–H and O–H groups in total. The molecule has 0 radical (unpaired) electrons. The van der Waals surface area contributed by atoms with E-state index in [1.54, 1.807) is 0 Å². The van der Waals surface area contributed by atoms with E-state index >= 15 is 0 Å². The van der Waals surface area contributed by atoms with Crippen molar-refractivity contribution in [3.63, 3.8) is 0 Å². The van der Waals surface area contributed by atoms with Crippen molar-refractivity contribution in [1.82, 2.24) is 19.1 Å². The Bertz CT molecular complexity index is 3510. The van der Waals surface area contributed by atoms with E-state index in [0.29, 0.717) is 0 Å². The fourth-order valence-electron chi connectivity index (χ4n) is 11.0. The van der Waals surface area contributed by atoms with Gasteiger partial charge in [-0.15, -0.1) is 0 Å². The molecule has 0 saturated heterocycles. The van der Waals surface area contributed by atoms with Gasteiger partial charge in [0.25, 0.3) is 6.71 Å². The summed E-state index contributed by atoms with van der Waals surface area (Å²) in [5, 5.41) is 6.32. The maximum absolute atomic E-state index is 5.51. The monoisotopic (exact) mass is 844 g/mol. The predicted molar refractivity (Wildman–Crippen MR) is 279 cm³/mol. The summed E-state index contributed by atoms with van der Waals surface area (Å²) in [6.07, 6.45) is 0. The van der Waals surface area contributed by atoms with Crippen LogP contribution >= 0.6 is 0 Å². The third-order valence-electron chi connectivity index (χ3n) is 14.7. The lowest BCUT2D eigenvalue weighted by molar-refractivity contribution is 0.590. The summed E-state index contributed by atoms with van der Waals surface area (Å²) in [5.41, 5.74) is 20.9. The Hall–Kier alpha value is -6.46. The van der Waals surface area contributed by atoms with E-state index in [9.17, 15) is 0 Å². The molecule has 0 saturated carbocycles. The number of rotatable bonds is 2. The second-order valence-electron chi connectivity index (χ2n) is 23.2. The van der Waals surface area contributed by atoms with Gasteiger partial charge in [-0.2, -0.15) is 0 Å². The third-order valence-corrected chi connectivity index (χ3v) is 14.7. The molecule has 10 aromatic rings. The van der Waals surface area contributed by atoms with Gasteiger partial charge in [0.05, 0.1) is 22.2 Å². The Morgan fingerprint density at radius 2 is 0.862 bits per heavy atom. The first-order chi connectivity index (χ1) is 30.8. The number of hydrogen-bond acceptors (Lipinski definition) is 2. The number of hydrogen-bond donors (Lipinski definition) is 0. The molecule has 12 rings (SSSR count). The van der Waals surface area contributed by atoms with Gasteiger partial charge >= 0.3 is 0 Å². The molecule has 0 aliphatic carbocycles. The van der Waals surface area contributed by atoms with E-state index in [0.717, 1.165) is 33.5 Å². The van der Waals surface area contributed by atoms with Crippen LogP contribution in [0.4, 0.5) is 0 Å². The number of benzene rings is 7. The number of aromatic nitrogens is 4. The summed E-state index contributed by atoms with van der Waals surface area (Å²) in [6.45, 7) is 28.2. The van der Waals surface area contributed by atoms with Crippen LogP contribution in [0.3, 0.4) is 0 Å². The molecular weight excluding hydrogens is 787 g/mol. The molecule has 0 atom stereocenters. The van der Waals surface area contributed by atoms with Crippen LogP contribution in [0.2, 0.25) is 0 Å². The summed E-state index contributed by atoms with van der Waals surface area (Å²) in [7, 11) is 0. The molecule has 5 heterocycles. The molecular formula is C60H57BN4. The van der Waals surface area contributed by atoms with Crippen LogP contribution in [-0.2, 0) is 21.7 Å². The minimum absolute atomic E-state index is 0.00205. The lowest BCUT2D eigenvalue weighted by Gasteiger charge is -2.36. The normalized spacial score (nSPS) is 13.8. The summed E-state index contributed by atoms with van der Waals surface area (Å²) < 4.78 is 5.25. The van der Waals surface area contributed by atoms with Crippen LogP contribution in [0.1, 0.15) is 105 Å². The molecule has 0 unspecified atom stereocenters. The minimum Gasteiger partial charge on any atom is -0.310 e. The van der Waals surface area contributed by atoms with Crippen molar-refractivity contribution in [2.75, 3.05) is 0 Å². The number of nitrogens with zero attached hydrogens (tertiary/aromatic N) is 4. The first kappa shape index (κ1) is 40.1. The zero-order chi connectivity index (χ0) is 45.3. The van der Waals surface area contributed by atoms with Gasteiger partial charge in [0.2, 0.25) is 0 Å². The largest absolute Gasteiger partial charge is 0.310 e. The van der Waals surface area contributed by atoms with Gasteiger partial charge in [-0.25, -0.2) is 9.97 Å². The van der Waals surface area contributed by atoms with Crippen LogP contribution < -0.4 is 16.4 Å². The van der Waals surface area contributed by atoms with E-state index in [-0.39, 0.29) is 28.4 Å². The summed E-state index contributed by atoms with van der Waals surface area (Å²) in [4.78, 5) is 10.7. The number of para-hydroxylation sites is 1. The fourth-order valence-corrected chi connectivity index (χ4v) is 11.0. The average molecular weight is 845 g/mol. The first-order valence-electron chi connectivity index (χ1n) is 23.5. The predicted octanol–water partition coefficient (Wildman–Crippen LogP) is 13.5. The summed E-state index contributed by atoms with van der Waals surface area (Å²) in [5.74, 6) is 0.732. The number of fused-ring (bicyclic) bond motifs is 11. The van der Waals surface area contributed by atoms with E-state index < -0.39 is 0 Å². The lowest BCUT2D eigenvalue weighted by atomic mass is 9.34. The van der Waals surface area contributed by atoms with Crippen molar-refractivity contribution in [2.24, 2.45) is 0 Å². The maximum Gasteiger partial charge on any atom is 0.252 e. The van der Waals surface area contributed by atoms with Gasteiger partial charge in [0.15, 0.2) is 5.82 Å². The summed E-state index contributed by atoms with van der Waals surface area (Å²) >= 11 is 0.